The van der Waals surface area contributed by atoms with E-state index >= 15 is 0 Å². The Hall–Kier alpha value is -4.96. The third-order valence-electron chi connectivity index (χ3n) is 9.98. The molecule has 5 aromatic rings. The van der Waals surface area contributed by atoms with Crippen molar-refractivity contribution in [3.05, 3.63) is 77.7 Å². The monoisotopic (exact) mass is 744 g/mol. The predicted molar refractivity (Wildman–Crippen MR) is 201 cm³/mol. The topological polar surface area (TPSA) is 163 Å². The minimum absolute atomic E-state index is 0.0513. The van der Waals surface area contributed by atoms with E-state index in [0.29, 0.717) is 36.6 Å². The minimum atomic E-state index is -3.56. The van der Waals surface area contributed by atoms with Gasteiger partial charge in [-0.15, -0.1) is 10.2 Å². The molecule has 1 fully saturated rings. The second-order valence-electron chi connectivity index (χ2n) is 15.1. The van der Waals surface area contributed by atoms with Gasteiger partial charge in [-0.25, -0.2) is 4.79 Å². The first kappa shape index (κ1) is 36.4. The summed E-state index contributed by atoms with van der Waals surface area (Å²) in [6, 6.07) is 15.7. The van der Waals surface area contributed by atoms with E-state index in [2.05, 4.69) is 50.7 Å². The number of benzene rings is 1. The number of hydrogen-bond donors (Lipinski definition) is 2. The van der Waals surface area contributed by atoms with Crippen molar-refractivity contribution in [3.63, 3.8) is 0 Å². The van der Waals surface area contributed by atoms with Gasteiger partial charge in [0, 0.05) is 35.8 Å². The molecule has 2 N–H and O–H groups in total. The lowest BCUT2D eigenvalue weighted by Gasteiger charge is -2.39. The molecular weight excluding hydrogens is 697 g/mol. The highest BCUT2D eigenvalue weighted by Gasteiger charge is 2.32. The van der Waals surface area contributed by atoms with Crippen molar-refractivity contribution in [2.45, 2.75) is 103 Å². The smallest absolute Gasteiger partial charge is 0.320 e. The number of carbonyl (C=O) groups is 1. The number of aromatic nitrogens is 7. The van der Waals surface area contributed by atoms with Crippen molar-refractivity contribution in [1.29, 1.82) is 0 Å². The highest BCUT2D eigenvalue weighted by atomic mass is 32.2. The van der Waals surface area contributed by atoms with E-state index in [0.717, 1.165) is 53.3 Å². The van der Waals surface area contributed by atoms with Crippen LogP contribution in [0.2, 0.25) is 0 Å². The van der Waals surface area contributed by atoms with Crippen molar-refractivity contribution in [1.82, 2.24) is 39.5 Å². The Morgan fingerprint density at radius 1 is 0.962 bits per heavy atom. The number of rotatable bonds is 10. The summed E-state index contributed by atoms with van der Waals surface area (Å²) in [4.78, 5) is 16.0. The van der Waals surface area contributed by atoms with E-state index in [1.54, 1.807) is 21.6 Å². The van der Waals surface area contributed by atoms with Gasteiger partial charge in [0.05, 0.1) is 37.3 Å². The number of fused-ring (bicyclic) bond motifs is 2. The molecule has 4 aromatic heterocycles. The number of piperidine rings is 1. The molecule has 15 nitrogen and oxygen atoms in total. The van der Waals surface area contributed by atoms with Gasteiger partial charge in [-0.3, -0.25) is 18.6 Å². The molecule has 0 saturated carbocycles. The minimum Gasteiger partial charge on any atom is -0.484 e. The lowest BCUT2D eigenvalue weighted by atomic mass is 9.85. The van der Waals surface area contributed by atoms with Crippen LogP contribution in [-0.4, -0.2) is 73.6 Å². The summed E-state index contributed by atoms with van der Waals surface area (Å²) >= 11 is 0. The van der Waals surface area contributed by atoms with Gasteiger partial charge in [0.1, 0.15) is 17.7 Å². The molecule has 1 aliphatic heterocycles. The van der Waals surface area contributed by atoms with Gasteiger partial charge in [-0.2, -0.15) is 23.3 Å². The summed E-state index contributed by atoms with van der Waals surface area (Å²) < 4.78 is 39.5. The molecule has 0 unspecified atom stereocenters. The van der Waals surface area contributed by atoms with Crippen molar-refractivity contribution >= 4 is 33.6 Å². The number of anilines is 2. The quantitative estimate of drug-likeness (QED) is 0.164. The van der Waals surface area contributed by atoms with E-state index in [4.69, 9.17) is 14.0 Å². The first-order valence-corrected chi connectivity index (χ1v) is 20.0. The van der Waals surface area contributed by atoms with Crippen LogP contribution < -0.4 is 20.3 Å². The SMILES string of the molecule is C[C@@H]1CCC[C@H](C)N1c1nnc2ccc(O[C@@H]3CC[C@H](NC(=O)Nc4cc(C(C)(C)C)nn4-c4ccn(CCOS(C)(=O)=O)n4)c4ccccc43)cn12. The number of carbonyl (C=O) groups excluding carboxylic acids is 1. The predicted octanol–water partition coefficient (Wildman–Crippen LogP) is 5.93. The normalized spacial score (nSPS) is 20.7. The first-order valence-electron chi connectivity index (χ1n) is 18.2. The number of pyridine rings is 1. The van der Waals surface area contributed by atoms with Crippen molar-refractivity contribution in [2.75, 3.05) is 23.1 Å². The average Bonchev–Trinajstić information content (AvgIpc) is 3.84. The van der Waals surface area contributed by atoms with E-state index < -0.39 is 10.1 Å². The molecule has 0 bridgehead atoms. The maximum absolute atomic E-state index is 13.6. The van der Waals surface area contributed by atoms with Gasteiger partial charge in [0.2, 0.25) is 5.95 Å². The number of urea groups is 1. The second-order valence-corrected chi connectivity index (χ2v) is 16.8. The maximum atomic E-state index is 13.6. The summed E-state index contributed by atoms with van der Waals surface area (Å²) in [5, 5.41) is 24.5. The lowest BCUT2D eigenvalue weighted by Crippen LogP contribution is -2.44. The number of nitrogens with zero attached hydrogens (tertiary/aromatic N) is 8. The molecule has 4 atom stereocenters. The number of amides is 2. The van der Waals surface area contributed by atoms with Crippen LogP contribution in [0.5, 0.6) is 5.75 Å². The second kappa shape index (κ2) is 14.5. The zero-order chi connectivity index (χ0) is 37.5. The third kappa shape index (κ3) is 8.03. The zero-order valence-corrected chi connectivity index (χ0v) is 31.9. The Morgan fingerprint density at radius 3 is 2.45 bits per heavy atom. The van der Waals surface area contributed by atoms with Gasteiger partial charge in [-0.05, 0) is 69.2 Å². The standard InChI is InChI=1S/C37H48N10O5S/c1-24-10-9-11-25(2)46(24)36-41-40-32-17-14-26(23-45(32)36)52-30-16-15-29(27-12-7-8-13-28(27)30)38-35(48)39-34-22-31(37(3,4)5)42-47(34)33-18-19-44(43-33)20-21-51-53(6,49)50/h7-8,12-14,17-19,22-25,29-30H,9-11,15-16,20-21H2,1-6H3,(H2,38,39,48)/t24-,25+,29-,30+/m0/s1. The van der Waals surface area contributed by atoms with Crippen LogP contribution in [0.1, 0.15) is 95.7 Å². The molecule has 2 amide bonds. The van der Waals surface area contributed by atoms with Crippen molar-refractivity contribution < 1.29 is 22.1 Å². The Morgan fingerprint density at radius 2 is 1.72 bits per heavy atom. The van der Waals surface area contributed by atoms with Crippen molar-refractivity contribution in [2.24, 2.45) is 0 Å². The molecule has 0 radical (unpaired) electrons. The van der Waals surface area contributed by atoms with Crippen LogP contribution in [0.4, 0.5) is 16.6 Å². The van der Waals surface area contributed by atoms with E-state index in [9.17, 15) is 13.2 Å². The largest absolute Gasteiger partial charge is 0.484 e. The molecule has 5 heterocycles. The Balaban J connectivity index is 1.06. The van der Waals surface area contributed by atoms with Crippen LogP contribution in [0.25, 0.3) is 11.5 Å². The van der Waals surface area contributed by atoms with E-state index in [1.165, 1.54) is 6.42 Å². The summed E-state index contributed by atoms with van der Waals surface area (Å²) in [6.07, 6.45) is 9.33. The van der Waals surface area contributed by atoms with Gasteiger partial charge in [0.15, 0.2) is 11.5 Å². The summed E-state index contributed by atoms with van der Waals surface area (Å²) in [7, 11) is -3.56. The van der Waals surface area contributed by atoms with Crippen molar-refractivity contribution in [3.8, 4) is 11.6 Å². The average molecular weight is 745 g/mol. The summed E-state index contributed by atoms with van der Waals surface area (Å²) in [6.45, 7) is 10.8. The molecule has 7 rings (SSSR count). The van der Waals surface area contributed by atoms with E-state index in [-0.39, 0.29) is 36.7 Å². The molecule has 53 heavy (non-hydrogen) atoms. The first-order chi connectivity index (χ1) is 25.2. The maximum Gasteiger partial charge on any atom is 0.320 e. The molecule has 16 heteroatoms. The fourth-order valence-electron chi connectivity index (χ4n) is 7.30. The molecule has 1 saturated heterocycles. The molecule has 282 valence electrons. The van der Waals surface area contributed by atoms with Crippen LogP contribution in [0.15, 0.2) is 60.9 Å². The van der Waals surface area contributed by atoms with Gasteiger partial charge >= 0.3 is 6.03 Å². The fraction of sp³-hybridized carbons (Fsp3) is 0.486. The number of nitrogens with one attached hydrogen (secondary N) is 2. The molecule has 0 spiro atoms. The fourth-order valence-corrected chi connectivity index (χ4v) is 7.68. The van der Waals surface area contributed by atoms with Crippen LogP contribution in [0, 0.1) is 0 Å². The Bertz CT molecular complexity index is 2190. The molecular formula is C37H48N10O5S. The molecule has 2 aliphatic rings. The van der Waals surface area contributed by atoms with Crippen LogP contribution in [-0.2, 0) is 26.3 Å². The summed E-state index contributed by atoms with van der Waals surface area (Å²) in [5.74, 6) is 2.49. The molecule has 1 aromatic carbocycles. The van der Waals surface area contributed by atoms with E-state index in [1.807, 2.05) is 67.8 Å². The van der Waals surface area contributed by atoms with Crippen LogP contribution >= 0.6 is 0 Å². The summed E-state index contributed by atoms with van der Waals surface area (Å²) in [5.41, 5.74) is 3.27. The van der Waals surface area contributed by atoms with Gasteiger partial charge < -0.3 is 15.0 Å². The lowest BCUT2D eigenvalue weighted by molar-refractivity contribution is 0.171. The Labute approximate surface area is 309 Å². The molecule has 1 aliphatic carbocycles. The third-order valence-corrected chi connectivity index (χ3v) is 10.6. The number of hydrogen-bond acceptors (Lipinski definition) is 10. The van der Waals surface area contributed by atoms with Gasteiger partial charge in [-0.1, -0.05) is 45.0 Å². The van der Waals surface area contributed by atoms with Crippen LogP contribution in [0.3, 0.4) is 0 Å². The van der Waals surface area contributed by atoms with Gasteiger partial charge in [0.25, 0.3) is 10.1 Å². The highest BCUT2D eigenvalue weighted by molar-refractivity contribution is 7.85. The number of ether oxygens (including phenoxy) is 1. The Kier molecular flexibility index (Phi) is 9.93. The highest BCUT2D eigenvalue weighted by Crippen LogP contribution is 2.39. The zero-order valence-electron chi connectivity index (χ0n) is 31.1.